The minimum Gasteiger partial charge on any atom is -0.443 e. The van der Waals surface area contributed by atoms with E-state index in [0.29, 0.717) is 104 Å². The van der Waals surface area contributed by atoms with E-state index < -0.39 is 113 Å². The van der Waals surface area contributed by atoms with Gasteiger partial charge in [0, 0.05) is 67.9 Å². The summed E-state index contributed by atoms with van der Waals surface area (Å²) in [4.78, 5) is 101. The number of ether oxygens (including phenoxy) is 8. The van der Waals surface area contributed by atoms with E-state index in [1.807, 2.05) is 24.8 Å². The largest absolute Gasteiger partial charge is 0.498 e. The normalized spacial score (nSPS) is 19.6. The molecule has 0 bridgehead atoms. The number of hydrogen-bond donors (Lipinski definition) is 1. The summed E-state index contributed by atoms with van der Waals surface area (Å²) in [6.45, 7) is 42.4. The number of nitrogen functional groups attached to an aromatic ring is 1. The van der Waals surface area contributed by atoms with E-state index in [1.165, 1.54) is 6.20 Å². The molecule has 31 nitrogen and oxygen atoms in total. The second kappa shape index (κ2) is 36.5. The minimum atomic E-state index is -3.07. The monoisotopic (exact) mass is 1630 g/mol. The summed E-state index contributed by atoms with van der Waals surface area (Å²) in [5, 5.41) is 0.479. The molecule has 0 saturated carbocycles. The maximum atomic E-state index is 14.0. The maximum Gasteiger partial charge on any atom is 0.498 e. The Morgan fingerprint density at radius 3 is 1.25 bits per heavy atom. The number of carbonyl (C=O) groups excluding carboxylic acids is 4. The zero-order valence-corrected chi connectivity index (χ0v) is 67.3. The fraction of sp³-hybridized carbons (Fsp3) is 0.652. The van der Waals surface area contributed by atoms with Crippen molar-refractivity contribution >= 4 is 106 Å². The van der Waals surface area contributed by atoms with E-state index in [4.69, 9.17) is 74.5 Å². The second-order valence-corrected chi connectivity index (χ2v) is 32.0. The highest BCUT2D eigenvalue weighted by atomic mass is 79.9. The molecule has 10 rings (SSSR count). The van der Waals surface area contributed by atoms with Crippen molar-refractivity contribution in [2.45, 2.75) is 216 Å². The van der Waals surface area contributed by atoms with E-state index in [-0.39, 0.29) is 39.6 Å². The zero-order chi connectivity index (χ0) is 81.2. The summed E-state index contributed by atoms with van der Waals surface area (Å²) in [5.41, 5.74) is -1.33. The predicted octanol–water partition coefficient (Wildman–Crippen LogP) is 12.7. The van der Waals surface area contributed by atoms with Crippen molar-refractivity contribution in [1.29, 1.82) is 0 Å². The Kier molecular flexibility index (Phi) is 29.5. The van der Waals surface area contributed by atoms with Crippen LogP contribution in [0.5, 0.6) is 0 Å². The number of nitrogens with zero attached hydrogens (tertiary/aromatic N) is 16. The van der Waals surface area contributed by atoms with Crippen LogP contribution < -0.4 is 40.6 Å². The summed E-state index contributed by atoms with van der Waals surface area (Å²) in [7, 11) is -1.16. The summed E-state index contributed by atoms with van der Waals surface area (Å²) >= 11 is 9.11. The molecule has 602 valence electrons. The Bertz CT molecular complexity index is 3810. The quantitative estimate of drug-likeness (QED) is 0.0555. The molecule has 109 heavy (non-hydrogen) atoms. The molecule has 5 aromatic rings. The molecule has 0 unspecified atom stereocenters. The summed E-state index contributed by atoms with van der Waals surface area (Å²) < 4.78 is 136. The van der Waals surface area contributed by atoms with Crippen LogP contribution in [-0.4, -0.2) is 218 Å². The third kappa shape index (κ3) is 24.5. The van der Waals surface area contributed by atoms with Gasteiger partial charge in [0.2, 0.25) is 29.7 Å². The maximum absolute atomic E-state index is 14.0. The van der Waals surface area contributed by atoms with Crippen molar-refractivity contribution in [2.75, 3.05) is 114 Å². The van der Waals surface area contributed by atoms with Gasteiger partial charge in [-0.05, 0) is 154 Å². The lowest BCUT2D eigenvalue weighted by Crippen LogP contribution is -2.46. The highest BCUT2D eigenvalue weighted by Gasteiger charge is 2.53. The Balaban J connectivity index is 0.000000205. The number of alkyl halides is 6. The van der Waals surface area contributed by atoms with Crippen LogP contribution in [0.2, 0.25) is 5.15 Å². The summed E-state index contributed by atoms with van der Waals surface area (Å²) in [6, 6.07) is 4.23. The van der Waals surface area contributed by atoms with Crippen LogP contribution in [0.4, 0.5) is 86.9 Å². The lowest BCUT2D eigenvalue weighted by molar-refractivity contribution is 0.00578. The predicted molar refractivity (Wildman–Crippen MR) is 397 cm³/mol. The molecule has 4 atom stereocenters. The number of halogens is 8. The molecule has 5 aliphatic rings. The first kappa shape index (κ1) is 88.3. The highest BCUT2D eigenvalue weighted by Crippen LogP contribution is 2.39. The van der Waals surface area contributed by atoms with Gasteiger partial charge in [-0.25, -0.2) is 85.4 Å². The van der Waals surface area contributed by atoms with Crippen LogP contribution in [-0.2, 0) is 47.2 Å². The number of rotatable bonds is 11. The molecule has 4 amide bonds. The van der Waals surface area contributed by atoms with E-state index in [2.05, 4.69) is 84.3 Å². The van der Waals surface area contributed by atoms with Crippen molar-refractivity contribution in [3.8, 4) is 11.3 Å². The molecule has 10 heterocycles. The van der Waals surface area contributed by atoms with Gasteiger partial charge in [-0.1, -0.05) is 11.6 Å². The molecule has 40 heteroatoms. The molecular formula is C69H98BBrClF6N17O14. The van der Waals surface area contributed by atoms with Crippen LogP contribution >= 0.6 is 27.5 Å². The molecule has 5 aliphatic heterocycles. The molecule has 2 N–H and O–H groups in total. The van der Waals surface area contributed by atoms with Crippen LogP contribution in [0.3, 0.4) is 0 Å². The van der Waals surface area contributed by atoms with Crippen molar-refractivity contribution in [2.24, 2.45) is 0 Å². The number of anilines is 7. The molecule has 0 spiro atoms. The number of imide groups is 2. The van der Waals surface area contributed by atoms with Crippen LogP contribution in [0.1, 0.15) is 175 Å². The van der Waals surface area contributed by atoms with E-state index >= 15 is 0 Å². The van der Waals surface area contributed by atoms with Gasteiger partial charge in [-0.2, -0.15) is 9.97 Å². The fourth-order valence-electron chi connectivity index (χ4n) is 10.6. The van der Waals surface area contributed by atoms with Crippen molar-refractivity contribution in [3.63, 3.8) is 0 Å². The van der Waals surface area contributed by atoms with E-state index in [1.54, 1.807) is 117 Å². The Morgan fingerprint density at radius 1 is 0.514 bits per heavy atom. The number of morpholine rings is 4. The first-order valence-corrected chi connectivity index (χ1v) is 36.3. The second-order valence-electron chi connectivity index (χ2n) is 30.8. The molecule has 0 aromatic carbocycles. The van der Waals surface area contributed by atoms with Gasteiger partial charge in [0.1, 0.15) is 56.3 Å². The first-order chi connectivity index (χ1) is 50.5. The number of carbonyl (C=O) groups is 4. The average Bonchev–Trinajstić information content (AvgIpc) is 1.67. The third-order valence-corrected chi connectivity index (χ3v) is 17.3. The third-order valence-electron chi connectivity index (χ3n) is 16.5. The van der Waals surface area contributed by atoms with Crippen LogP contribution in [0.15, 0.2) is 35.2 Å². The van der Waals surface area contributed by atoms with Crippen LogP contribution in [0.25, 0.3) is 11.3 Å². The van der Waals surface area contributed by atoms with Gasteiger partial charge < -0.3 is 72.5 Å². The molecular weight excluding hydrogens is 1530 g/mol. The SMILES string of the molecule is CC(C)(C)OC(=O)N(C(=O)OC(C)(C)C)c1ncc(B2OC(C)(C)C(C)(C)O2)c(C(F)F)n1.CC(C)(C)OC(=O)N(C(=O)OC(C)(C)C)c1ncc(Br)c(C(F)F)n1.C[C@H]1COCCN1c1cc(-c2cnc(N)nc2C(F)F)nc(N2CCOC[C@@H]2C)n1.C[C@H]1COCCN1c1cc(Cl)nc(N2CCOC[C@@H]2C)n1. The van der Waals surface area contributed by atoms with Gasteiger partial charge in [-0.3, -0.25) is 0 Å². The van der Waals surface area contributed by atoms with Gasteiger partial charge in [-0.15, -0.1) is 9.80 Å². The Hall–Kier alpha value is -7.95. The summed E-state index contributed by atoms with van der Waals surface area (Å²) in [6.07, 6.45) is -10.0. The number of aromatic nitrogens is 10. The molecule has 5 fully saturated rings. The van der Waals surface area contributed by atoms with Gasteiger partial charge in [0.25, 0.3) is 19.3 Å². The van der Waals surface area contributed by atoms with Crippen LogP contribution in [0, 0.1) is 0 Å². The topological polar surface area (TPSA) is 335 Å². The summed E-state index contributed by atoms with van der Waals surface area (Å²) in [5.74, 6) is 1.30. The minimum absolute atomic E-state index is 0.0559. The molecule has 5 aromatic heterocycles. The molecule has 5 saturated heterocycles. The Labute approximate surface area is 643 Å². The van der Waals surface area contributed by atoms with Crippen molar-refractivity contribution < 1.29 is 92.7 Å². The molecule has 0 radical (unpaired) electrons. The smallest absolute Gasteiger partial charge is 0.443 e. The van der Waals surface area contributed by atoms with Crippen molar-refractivity contribution in [1.82, 2.24) is 49.8 Å². The number of hydrogen-bond acceptors (Lipinski definition) is 29. The van der Waals surface area contributed by atoms with E-state index in [9.17, 15) is 45.5 Å². The van der Waals surface area contributed by atoms with Gasteiger partial charge >= 0.3 is 31.5 Å². The number of amides is 4. The van der Waals surface area contributed by atoms with Gasteiger partial charge in [0.15, 0.2) is 0 Å². The Morgan fingerprint density at radius 2 is 0.872 bits per heavy atom. The van der Waals surface area contributed by atoms with Gasteiger partial charge in [0.05, 0.1) is 98.4 Å². The standard InChI is InChI=1S/C21H32BF2N3O6.C19H25F2N7O2.C15H20BrF2N3O4.C14H21ClN4O2/c1-18(2,3)30-16(28)27(17(29)31-19(4,5)6)15-25-11-12(13(26-15)14(23)24)22-32-20(7,8)21(9,10)33-22;1-11-9-29-5-3-27(11)15-7-14(13-8-23-18(22)26-16(13)17(20)21)24-19(25-15)28-4-6-30-10-12(28)2;1-14(2,3)24-12(22)21(13(23)25-15(4,5)6)11-19-7-8(16)9(20-11)10(17)18;1-10-8-20-5-3-18(10)13-7-12(15)16-14(17-13)19-4-6-21-9-11(19)2/h11,14H,1-10H3;7-8,11-12,17H,3-6,9-10H2,1-2H3,(H2,22,23,26);7,10H,1-6H3;7,10-11H,3-6,8-9H2,1-2H3/t;11-,12-;;10-,11-/m.0.0/s1. The van der Waals surface area contributed by atoms with E-state index in [0.717, 1.165) is 37.9 Å². The molecule has 0 aliphatic carbocycles. The lowest BCUT2D eigenvalue weighted by atomic mass is 9.79. The lowest BCUT2D eigenvalue weighted by Gasteiger charge is -2.37. The highest BCUT2D eigenvalue weighted by molar-refractivity contribution is 9.10. The van der Waals surface area contributed by atoms with Crippen molar-refractivity contribution in [3.05, 3.63) is 57.4 Å². The number of nitrogens with two attached hydrogens (primary N) is 1. The zero-order valence-electron chi connectivity index (χ0n) is 65.0. The fourth-order valence-corrected chi connectivity index (χ4v) is 11.2. The average molecular weight is 1630 g/mol. The first-order valence-electron chi connectivity index (χ1n) is 35.1.